The normalized spacial score (nSPS) is 16.0. The fourth-order valence-corrected chi connectivity index (χ4v) is 2.37. The molecule has 5 heteroatoms. The zero-order valence-electron chi connectivity index (χ0n) is 10.7. The lowest BCUT2D eigenvalue weighted by atomic mass is 10.2. The van der Waals surface area contributed by atoms with Crippen molar-refractivity contribution < 1.29 is 13.9 Å². The second-order valence-electron chi connectivity index (χ2n) is 4.66. The first kappa shape index (κ1) is 14.3. The van der Waals surface area contributed by atoms with E-state index in [4.69, 9.17) is 4.74 Å². The van der Waals surface area contributed by atoms with Gasteiger partial charge in [0.15, 0.2) is 6.61 Å². The molecule has 19 heavy (non-hydrogen) atoms. The van der Waals surface area contributed by atoms with E-state index in [-0.39, 0.29) is 18.3 Å². The lowest BCUT2D eigenvalue weighted by Gasteiger charge is -2.20. The van der Waals surface area contributed by atoms with Crippen LogP contribution in [0, 0.1) is 5.82 Å². The quantitative estimate of drug-likeness (QED) is 0.850. The number of carbonyl (C=O) groups excluding carboxylic acids is 1. The first-order valence-electron chi connectivity index (χ1n) is 6.52. The summed E-state index contributed by atoms with van der Waals surface area (Å²) in [5.41, 5.74) is 0. The van der Waals surface area contributed by atoms with Crippen LogP contribution in [0.5, 0.6) is 5.75 Å². The van der Waals surface area contributed by atoms with Gasteiger partial charge in [0.25, 0.3) is 5.91 Å². The topological polar surface area (TPSA) is 29.5 Å². The third kappa shape index (κ3) is 4.20. The summed E-state index contributed by atoms with van der Waals surface area (Å²) in [5.74, 6) is -0.0335. The SMILES string of the molecule is O=C(COc1ccc(Br)c(F)c1)N1CCCCCC1. The molecule has 1 amide bonds. The molecule has 0 aliphatic carbocycles. The van der Waals surface area contributed by atoms with Crippen molar-refractivity contribution >= 4 is 21.8 Å². The minimum Gasteiger partial charge on any atom is -0.484 e. The van der Waals surface area contributed by atoms with Gasteiger partial charge in [0.05, 0.1) is 4.47 Å². The average Bonchev–Trinajstić information content (AvgIpc) is 2.69. The Bertz CT molecular complexity index is 445. The number of rotatable bonds is 3. The van der Waals surface area contributed by atoms with E-state index in [1.54, 1.807) is 12.1 Å². The molecule has 0 spiro atoms. The maximum Gasteiger partial charge on any atom is 0.260 e. The molecule has 0 saturated carbocycles. The van der Waals surface area contributed by atoms with Crippen molar-refractivity contribution in [3.05, 3.63) is 28.5 Å². The molecule has 1 fully saturated rings. The molecule has 0 unspecified atom stereocenters. The Labute approximate surface area is 120 Å². The summed E-state index contributed by atoms with van der Waals surface area (Å²) in [6, 6.07) is 4.49. The molecular weight excluding hydrogens is 313 g/mol. The van der Waals surface area contributed by atoms with Crippen LogP contribution in [0.15, 0.2) is 22.7 Å². The van der Waals surface area contributed by atoms with Crippen LogP contribution < -0.4 is 4.74 Å². The molecular formula is C14H17BrFNO2. The van der Waals surface area contributed by atoms with E-state index in [1.807, 2.05) is 4.90 Å². The summed E-state index contributed by atoms with van der Waals surface area (Å²) < 4.78 is 19.0. The Hall–Kier alpha value is -1.10. The molecule has 1 aliphatic heterocycles. The van der Waals surface area contributed by atoms with Crippen molar-refractivity contribution in [1.29, 1.82) is 0 Å². The van der Waals surface area contributed by atoms with Crippen LogP contribution in [0.2, 0.25) is 0 Å². The van der Waals surface area contributed by atoms with Crippen molar-refractivity contribution in [1.82, 2.24) is 4.90 Å². The minimum absolute atomic E-state index is 0.0229. The molecule has 3 nitrogen and oxygen atoms in total. The number of carbonyl (C=O) groups is 1. The summed E-state index contributed by atoms with van der Waals surface area (Å²) in [6.45, 7) is 1.58. The molecule has 104 valence electrons. The van der Waals surface area contributed by atoms with Crippen molar-refractivity contribution in [3.63, 3.8) is 0 Å². The number of likely N-dealkylation sites (tertiary alicyclic amines) is 1. The second-order valence-corrected chi connectivity index (χ2v) is 5.51. The fourth-order valence-electron chi connectivity index (χ4n) is 2.12. The summed E-state index contributed by atoms with van der Waals surface area (Å²) >= 11 is 3.07. The molecule has 0 N–H and O–H groups in total. The van der Waals surface area contributed by atoms with E-state index < -0.39 is 0 Å². The van der Waals surface area contributed by atoms with Crippen molar-refractivity contribution in [2.75, 3.05) is 19.7 Å². The van der Waals surface area contributed by atoms with E-state index in [0.717, 1.165) is 25.9 Å². The maximum atomic E-state index is 13.3. The van der Waals surface area contributed by atoms with E-state index in [1.165, 1.54) is 18.9 Å². The lowest BCUT2D eigenvalue weighted by Crippen LogP contribution is -2.35. The highest BCUT2D eigenvalue weighted by Gasteiger charge is 2.16. The molecule has 0 aromatic heterocycles. The van der Waals surface area contributed by atoms with Gasteiger partial charge in [0, 0.05) is 19.2 Å². The molecule has 2 rings (SSSR count). The van der Waals surface area contributed by atoms with Gasteiger partial charge >= 0.3 is 0 Å². The van der Waals surface area contributed by atoms with Gasteiger partial charge in [-0.15, -0.1) is 0 Å². The van der Waals surface area contributed by atoms with E-state index in [9.17, 15) is 9.18 Å². The van der Waals surface area contributed by atoms with Crippen LogP contribution in [-0.2, 0) is 4.79 Å². The molecule has 1 heterocycles. The summed E-state index contributed by atoms with van der Waals surface area (Å²) in [5, 5.41) is 0. The van der Waals surface area contributed by atoms with Gasteiger partial charge in [-0.2, -0.15) is 0 Å². The standard InChI is InChI=1S/C14H17BrFNO2/c15-12-6-5-11(9-13(12)16)19-10-14(18)17-7-3-1-2-4-8-17/h5-6,9H,1-4,7-8,10H2. The maximum absolute atomic E-state index is 13.3. The van der Waals surface area contributed by atoms with Crippen LogP contribution in [0.1, 0.15) is 25.7 Å². The highest BCUT2D eigenvalue weighted by atomic mass is 79.9. The first-order valence-corrected chi connectivity index (χ1v) is 7.32. The van der Waals surface area contributed by atoms with Gasteiger partial charge in [-0.25, -0.2) is 4.39 Å². The van der Waals surface area contributed by atoms with Crippen LogP contribution >= 0.6 is 15.9 Å². The second kappa shape index (κ2) is 6.89. The van der Waals surface area contributed by atoms with Gasteiger partial charge < -0.3 is 9.64 Å². The predicted octanol–water partition coefficient (Wildman–Crippen LogP) is 3.37. The van der Waals surface area contributed by atoms with Crippen LogP contribution in [-0.4, -0.2) is 30.5 Å². The van der Waals surface area contributed by atoms with Crippen LogP contribution in [0.25, 0.3) is 0 Å². The first-order chi connectivity index (χ1) is 9.16. The van der Waals surface area contributed by atoms with Gasteiger partial charge in [-0.3, -0.25) is 4.79 Å². The Morgan fingerprint density at radius 2 is 1.95 bits per heavy atom. The summed E-state index contributed by atoms with van der Waals surface area (Å²) in [4.78, 5) is 13.8. The Balaban J connectivity index is 1.86. The summed E-state index contributed by atoms with van der Waals surface area (Å²) in [6.07, 6.45) is 4.47. The average molecular weight is 330 g/mol. The Morgan fingerprint density at radius 1 is 1.26 bits per heavy atom. The number of hydrogen-bond donors (Lipinski definition) is 0. The molecule has 0 radical (unpaired) electrons. The van der Waals surface area contributed by atoms with Gasteiger partial charge in [0.2, 0.25) is 0 Å². The van der Waals surface area contributed by atoms with Crippen molar-refractivity contribution in [2.45, 2.75) is 25.7 Å². The monoisotopic (exact) mass is 329 g/mol. The van der Waals surface area contributed by atoms with Gasteiger partial charge in [-0.05, 0) is 40.9 Å². The molecule has 0 bridgehead atoms. The van der Waals surface area contributed by atoms with Crippen LogP contribution in [0.4, 0.5) is 4.39 Å². The third-order valence-corrected chi connectivity index (χ3v) is 3.86. The minimum atomic E-state index is -0.389. The highest BCUT2D eigenvalue weighted by Crippen LogP contribution is 2.21. The molecule has 1 aromatic rings. The van der Waals surface area contributed by atoms with Gasteiger partial charge in [0.1, 0.15) is 11.6 Å². The number of nitrogens with zero attached hydrogens (tertiary/aromatic N) is 1. The van der Waals surface area contributed by atoms with Gasteiger partial charge in [-0.1, -0.05) is 12.8 Å². The molecule has 0 atom stereocenters. The van der Waals surface area contributed by atoms with Crippen LogP contribution in [0.3, 0.4) is 0 Å². The fraction of sp³-hybridized carbons (Fsp3) is 0.500. The Morgan fingerprint density at radius 3 is 2.58 bits per heavy atom. The van der Waals surface area contributed by atoms with E-state index in [0.29, 0.717) is 10.2 Å². The largest absolute Gasteiger partial charge is 0.484 e. The number of halogens is 2. The van der Waals surface area contributed by atoms with Crippen molar-refractivity contribution in [2.24, 2.45) is 0 Å². The third-order valence-electron chi connectivity index (χ3n) is 3.21. The smallest absolute Gasteiger partial charge is 0.260 e. The molecule has 1 saturated heterocycles. The number of amides is 1. The molecule has 1 aromatic carbocycles. The van der Waals surface area contributed by atoms with Crippen molar-refractivity contribution in [3.8, 4) is 5.75 Å². The van der Waals surface area contributed by atoms with E-state index in [2.05, 4.69) is 15.9 Å². The lowest BCUT2D eigenvalue weighted by molar-refractivity contribution is -0.133. The number of hydrogen-bond acceptors (Lipinski definition) is 2. The Kier molecular flexibility index (Phi) is 5.19. The number of ether oxygens (including phenoxy) is 1. The zero-order valence-corrected chi connectivity index (χ0v) is 12.3. The zero-order chi connectivity index (χ0) is 13.7. The number of benzene rings is 1. The molecule has 1 aliphatic rings. The summed E-state index contributed by atoms with van der Waals surface area (Å²) in [7, 11) is 0. The van der Waals surface area contributed by atoms with E-state index >= 15 is 0 Å². The highest BCUT2D eigenvalue weighted by molar-refractivity contribution is 9.10. The predicted molar refractivity (Wildman–Crippen MR) is 74.6 cm³/mol.